The van der Waals surface area contributed by atoms with Crippen LogP contribution < -0.4 is 10.1 Å². The summed E-state index contributed by atoms with van der Waals surface area (Å²) < 4.78 is 16.1. The number of rotatable bonds is 7. The standard InChI is InChI=1S/C19H19ClN2O5/c20-18-16(4-1-9-21-18)22-17(23)12-27-19(24)13-5-7-14(8-6-13)26-11-15-3-2-10-25-15/h1,4-9,15H,2-3,10-12H2,(H,22,23)/t15-/m1/s1. The molecule has 1 aromatic carbocycles. The van der Waals surface area contributed by atoms with Crippen molar-refractivity contribution in [3.63, 3.8) is 0 Å². The number of carbonyl (C=O) groups excluding carboxylic acids is 2. The lowest BCUT2D eigenvalue weighted by molar-refractivity contribution is -0.119. The summed E-state index contributed by atoms with van der Waals surface area (Å²) in [7, 11) is 0. The summed E-state index contributed by atoms with van der Waals surface area (Å²) in [5.74, 6) is -0.464. The molecule has 1 N–H and O–H groups in total. The topological polar surface area (TPSA) is 86.8 Å². The zero-order valence-electron chi connectivity index (χ0n) is 14.5. The van der Waals surface area contributed by atoms with Gasteiger partial charge in [0, 0.05) is 12.8 Å². The van der Waals surface area contributed by atoms with Gasteiger partial charge in [-0.05, 0) is 49.2 Å². The highest BCUT2D eigenvalue weighted by molar-refractivity contribution is 6.32. The van der Waals surface area contributed by atoms with Crippen molar-refractivity contribution in [2.75, 3.05) is 25.1 Å². The third-order valence-corrected chi connectivity index (χ3v) is 4.22. The van der Waals surface area contributed by atoms with Crippen molar-refractivity contribution in [2.45, 2.75) is 18.9 Å². The van der Waals surface area contributed by atoms with Gasteiger partial charge in [-0.2, -0.15) is 0 Å². The van der Waals surface area contributed by atoms with Gasteiger partial charge in [0.25, 0.3) is 5.91 Å². The fourth-order valence-electron chi connectivity index (χ4n) is 2.53. The Morgan fingerprint density at radius 1 is 1.26 bits per heavy atom. The van der Waals surface area contributed by atoms with E-state index in [4.69, 9.17) is 25.8 Å². The smallest absolute Gasteiger partial charge is 0.338 e. The molecule has 7 nitrogen and oxygen atoms in total. The van der Waals surface area contributed by atoms with Crippen LogP contribution in [0, 0.1) is 0 Å². The van der Waals surface area contributed by atoms with Crippen molar-refractivity contribution < 1.29 is 23.8 Å². The van der Waals surface area contributed by atoms with Gasteiger partial charge >= 0.3 is 5.97 Å². The minimum absolute atomic E-state index is 0.126. The summed E-state index contributed by atoms with van der Waals surface area (Å²) in [6, 6.07) is 9.77. The van der Waals surface area contributed by atoms with Crippen LogP contribution in [0.3, 0.4) is 0 Å². The van der Waals surface area contributed by atoms with Gasteiger partial charge in [-0.1, -0.05) is 11.6 Å². The molecule has 3 rings (SSSR count). The number of nitrogens with one attached hydrogen (secondary N) is 1. The Balaban J connectivity index is 1.44. The van der Waals surface area contributed by atoms with Crippen LogP contribution in [0.2, 0.25) is 5.15 Å². The molecule has 1 aliphatic heterocycles. The van der Waals surface area contributed by atoms with Crippen LogP contribution in [-0.2, 0) is 14.3 Å². The Hall–Kier alpha value is -2.64. The fraction of sp³-hybridized carbons (Fsp3) is 0.316. The zero-order chi connectivity index (χ0) is 19.1. The average molecular weight is 391 g/mol. The SMILES string of the molecule is O=C(COC(=O)c1ccc(OC[C@H]2CCCO2)cc1)Nc1cccnc1Cl. The molecule has 1 aromatic heterocycles. The molecule has 2 heterocycles. The molecule has 1 atom stereocenters. The van der Waals surface area contributed by atoms with E-state index in [9.17, 15) is 9.59 Å². The first kappa shape index (κ1) is 19.1. The molecule has 1 fully saturated rings. The monoisotopic (exact) mass is 390 g/mol. The highest BCUT2D eigenvalue weighted by atomic mass is 35.5. The Morgan fingerprint density at radius 2 is 2.07 bits per heavy atom. The second-order valence-electron chi connectivity index (χ2n) is 5.94. The Morgan fingerprint density at radius 3 is 2.78 bits per heavy atom. The lowest BCUT2D eigenvalue weighted by Crippen LogP contribution is -2.21. The fourth-order valence-corrected chi connectivity index (χ4v) is 2.70. The maximum Gasteiger partial charge on any atom is 0.338 e. The molecule has 0 unspecified atom stereocenters. The van der Waals surface area contributed by atoms with E-state index in [-0.39, 0.29) is 11.3 Å². The second kappa shape index (κ2) is 9.34. The first-order valence-electron chi connectivity index (χ1n) is 8.54. The predicted octanol–water partition coefficient (Wildman–Crippen LogP) is 3.09. The molecule has 1 amide bonds. The van der Waals surface area contributed by atoms with E-state index in [0.717, 1.165) is 19.4 Å². The number of nitrogens with zero attached hydrogens (tertiary/aromatic N) is 1. The molecule has 0 aliphatic carbocycles. The number of halogens is 1. The highest BCUT2D eigenvalue weighted by Gasteiger charge is 2.16. The van der Waals surface area contributed by atoms with E-state index in [0.29, 0.717) is 23.6 Å². The molecular formula is C19H19ClN2O5. The second-order valence-corrected chi connectivity index (χ2v) is 6.29. The molecule has 142 valence electrons. The number of carbonyl (C=O) groups is 2. The van der Waals surface area contributed by atoms with Gasteiger partial charge in [-0.3, -0.25) is 4.79 Å². The van der Waals surface area contributed by atoms with Gasteiger partial charge in [0.15, 0.2) is 11.8 Å². The van der Waals surface area contributed by atoms with Gasteiger partial charge in [0.2, 0.25) is 0 Å². The van der Waals surface area contributed by atoms with Crippen LogP contribution in [-0.4, -0.2) is 42.8 Å². The minimum Gasteiger partial charge on any atom is -0.491 e. The molecule has 0 saturated carbocycles. The lowest BCUT2D eigenvalue weighted by Gasteiger charge is -2.11. The van der Waals surface area contributed by atoms with E-state index in [1.807, 2.05) is 0 Å². The number of ether oxygens (including phenoxy) is 3. The van der Waals surface area contributed by atoms with Gasteiger partial charge in [0.1, 0.15) is 12.4 Å². The number of anilines is 1. The van der Waals surface area contributed by atoms with Crippen molar-refractivity contribution in [1.29, 1.82) is 0 Å². The van der Waals surface area contributed by atoms with E-state index in [2.05, 4.69) is 10.3 Å². The molecule has 1 saturated heterocycles. The Kier molecular flexibility index (Phi) is 6.62. The molecule has 1 aliphatic rings. The number of esters is 1. The summed E-state index contributed by atoms with van der Waals surface area (Å²) in [6.07, 6.45) is 3.68. The number of benzene rings is 1. The Labute approximate surface area is 161 Å². The normalized spacial score (nSPS) is 16.0. The van der Waals surface area contributed by atoms with E-state index in [1.54, 1.807) is 36.4 Å². The van der Waals surface area contributed by atoms with E-state index < -0.39 is 18.5 Å². The van der Waals surface area contributed by atoms with Crippen molar-refractivity contribution >= 4 is 29.2 Å². The van der Waals surface area contributed by atoms with Crippen LogP contribution in [0.25, 0.3) is 0 Å². The van der Waals surface area contributed by atoms with E-state index >= 15 is 0 Å². The van der Waals surface area contributed by atoms with Gasteiger partial charge < -0.3 is 19.5 Å². The third-order valence-electron chi connectivity index (χ3n) is 3.92. The Bertz CT molecular complexity index is 791. The van der Waals surface area contributed by atoms with Crippen molar-refractivity contribution in [2.24, 2.45) is 0 Å². The van der Waals surface area contributed by atoms with Crippen LogP contribution in [0.15, 0.2) is 42.6 Å². The minimum atomic E-state index is -0.604. The first-order valence-corrected chi connectivity index (χ1v) is 8.91. The van der Waals surface area contributed by atoms with Crippen molar-refractivity contribution in [3.05, 3.63) is 53.3 Å². The summed E-state index contributed by atoms with van der Waals surface area (Å²) in [5.41, 5.74) is 0.680. The van der Waals surface area contributed by atoms with Gasteiger partial charge in [0.05, 0.1) is 17.4 Å². The molecule has 27 heavy (non-hydrogen) atoms. The maximum absolute atomic E-state index is 12.0. The van der Waals surface area contributed by atoms with Crippen LogP contribution in [0.5, 0.6) is 5.75 Å². The van der Waals surface area contributed by atoms with Crippen LogP contribution in [0.1, 0.15) is 23.2 Å². The summed E-state index contributed by atoms with van der Waals surface area (Å²) in [4.78, 5) is 27.8. The lowest BCUT2D eigenvalue weighted by atomic mass is 10.2. The maximum atomic E-state index is 12.0. The number of hydrogen-bond acceptors (Lipinski definition) is 6. The molecule has 0 bridgehead atoms. The molecular weight excluding hydrogens is 372 g/mol. The van der Waals surface area contributed by atoms with Gasteiger partial charge in [-0.25, -0.2) is 9.78 Å². The van der Waals surface area contributed by atoms with Gasteiger partial charge in [-0.15, -0.1) is 0 Å². The zero-order valence-corrected chi connectivity index (χ0v) is 15.3. The average Bonchev–Trinajstić information content (AvgIpc) is 3.20. The summed E-state index contributed by atoms with van der Waals surface area (Å²) >= 11 is 5.86. The molecule has 0 spiro atoms. The predicted molar refractivity (Wildman–Crippen MR) is 99.1 cm³/mol. The highest BCUT2D eigenvalue weighted by Crippen LogP contribution is 2.18. The van der Waals surface area contributed by atoms with Crippen molar-refractivity contribution in [1.82, 2.24) is 4.98 Å². The van der Waals surface area contributed by atoms with Crippen LogP contribution in [0.4, 0.5) is 5.69 Å². The first-order chi connectivity index (χ1) is 13.1. The molecule has 2 aromatic rings. The van der Waals surface area contributed by atoms with Crippen molar-refractivity contribution in [3.8, 4) is 5.75 Å². The number of hydrogen-bond donors (Lipinski definition) is 1. The summed E-state index contributed by atoms with van der Waals surface area (Å²) in [6.45, 7) is 0.835. The molecule has 8 heteroatoms. The number of amides is 1. The third kappa shape index (κ3) is 5.67. The number of pyridine rings is 1. The molecule has 0 radical (unpaired) electrons. The van der Waals surface area contributed by atoms with Crippen LogP contribution >= 0.6 is 11.6 Å². The largest absolute Gasteiger partial charge is 0.491 e. The summed E-state index contributed by atoms with van der Waals surface area (Å²) in [5, 5.41) is 2.69. The quantitative estimate of drug-likeness (QED) is 0.577. The van der Waals surface area contributed by atoms with E-state index in [1.165, 1.54) is 6.20 Å². The number of aromatic nitrogens is 1.